The van der Waals surface area contributed by atoms with Gasteiger partial charge < -0.3 is 24.2 Å². The van der Waals surface area contributed by atoms with Crippen molar-refractivity contribution >= 4 is 35.8 Å². The van der Waals surface area contributed by atoms with Crippen LogP contribution in [0.3, 0.4) is 0 Å². The molecule has 11 heteroatoms. The first-order valence-electron chi connectivity index (χ1n) is 10.8. The third-order valence-corrected chi connectivity index (χ3v) is 4.65. The van der Waals surface area contributed by atoms with Crippen LogP contribution in [0.5, 0.6) is 0 Å². The Kier molecular flexibility index (Phi) is 8.41. The number of carbonyl (C=O) groups is 3. The summed E-state index contributed by atoms with van der Waals surface area (Å²) in [6, 6.07) is 6.74. The molecule has 1 aliphatic heterocycles. The van der Waals surface area contributed by atoms with Crippen molar-refractivity contribution < 1.29 is 23.9 Å². The summed E-state index contributed by atoms with van der Waals surface area (Å²) in [5.41, 5.74) is -0.844. The number of rotatable bonds is 2. The van der Waals surface area contributed by atoms with Gasteiger partial charge in [-0.1, -0.05) is 23.7 Å². The van der Waals surface area contributed by atoms with Crippen LogP contribution >= 0.6 is 11.6 Å². The summed E-state index contributed by atoms with van der Waals surface area (Å²) in [7, 11) is 3.24. The minimum atomic E-state index is -0.866. The van der Waals surface area contributed by atoms with Gasteiger partial charge in [0, 0.05) is 19.1 Å². The van der Waals surface area contributed by atoms with Crippen LogP contribution in [-0.4, -0.2) is 82.4 Å². The van der Waals surface area contributed by atoms with Gasteiger partial charge >= 0.3 is 18.2 Å². The third-order valence-electron chi connectivity index (χ3n) is 4.40. The molecule has 0 N–H and O–H groups in total. The zero-order valence-electron chi connectivity index (χ0n) is 21.1. The number of nitrogens with zero attached hydrogens (tertiary/aromatic N) is 5. The highest BCUT2D eigenvalue weighted by Gasteiger charge is 2.35. The van der Waals surface area contributed by atoms with Crippen molar-refractivity contribution in [1.29, 1.82) is 0 Å². The van der Waals surface area contributed by atoms with Crippen molar-refractivity contribution in [2.75, 3.05) is 27.4 Å². The molecular weight excluding hydrogens is 462 g/mol. The molecule has 0 aliphatic carbocycles. The summed E-state index contributed by atoms with van der Waals surface area (Å²) in [6.07, 6.45) is -1.57. The Morgan fingerprint density at radius 3 is 1.94 bits per heavy atom. The normalized spacial score (nSPS) is 15.4. The lowest BCUT2D eigenvalue weighted by Gasteiger charge is -2.42. The van der Waals surface area contributed by atoms with E-state index in [1.54, 1.807) is 84.8 Å². The number of halogens is 1. The van der Waals surface area contributed by atoms with Crippen LogP contribution in [0.25, 0.3) is 0 Å². The fraction of sp³-hybridized carbons (Fsp3) is 0.565. The smallest absolute Gasteiger partial charge is 0.437 e. The van der Waals surface area contributed by atoms with Crippen molar-refractivity contribution in [3.05, 3.63) is 34.9 Å². The van der Waals surface area contributed by atoms with E-state index in [1.165, 1.54) is 14.7 Å². The van der Waals surface area contributed by atoms with E-state index in [4.69, 9.17) is 21.1 Å². The lowest BCUT2D eigenvalue weighted by Crippen LogP contribution is -2.60. The zero-order valence-corrected chi connectivity index (χ0v) is 21.8. The predicted molar refractivity (Wildman–Crippen MR) is 129 cm³/mol. The van der Waals surface area contributed by atoms with Gasteiger partial charge in [0.1, 0.15) is 11.2 Å². The van der Waals surface area contributed by atoms with Crippen molar-refractivity contribution in [3.8, 4) is 0 Å². The van der Waals surface area contributed by atoms with Gasteiger partial charge in [0.05, 0.1) is 19.9 Å². The number of hydrogen-bond acceptors (Lipinski definition) is 5. The molecule has 1 fully saturated rings. The number of ether oxygens (including phenoxy) is 2. The molecule has 0 unspecified atom stereocenters. The molecule has 1 aliphatic rings. The Morgan fingerprint density at radius 1 is 0.971 bits per heavy atom. The molecule has 0 bridgehead atoms. The second-order valence-electron chi connectivity index (χ2n) is 10.1. The Labute approximate surface area is 206 Å². The topological polar surface area (TPSA) is 95.0 Å². The average molecular weight is 496 g/mol. The molecule has 0 aromatic heterocycles. The van der Waals surface area contributed by atoms with Crippen LogP contribution in [0, 0.1) is 0 Å². The second-order valence-corrected chi connectivity index (χ2v) is 10.5. The summed E-state index contributed by atoms with van der Waals surface area (Å²) >= 11 is 6.02. The average Bonchev–Trinajstić information content (AvgIpc) is 2.67. The van der Waals surface area contributed by atoms with E-state index in [1.807, 2.05) is 0 Å². The van der Waals surface area contributed by atoms with Gasteiger partial charge in [-0.05, 0) is 59.2 Å². The summed E-state index contributed by atoms with van der Waals surface area (Å²) in [4.78, 5) is 48.3. The summed E-state index contributed by atoms with van der Waals surface area (Å²) in [6.45, 7) is 10.7. The van der Waals surface area contributed by atoms with Gasteiger partial charge in [0.25, 0.3) is 0 Å². The van der Waals surface area contributed by atoms with Crippen LogP contribution in [0.2, 0.25) is 5.02 Å². The van der Waals surface area contributed by atoms with E-state index < -0.39 is 23.4 Å². The van der Waals surface area contributed by atoms with Crippen LogP contribution in [0.1, 0.15) is 47.1 Å². The van der Waals surface area contributed by atoms with Gasteiger partial charge in [-0.25, -0.2) is 19.3 Å². The predicted octanol–water partition coefficient (Wildman–Crippen LogP) is 4.58. The highest BCUT2D eigenvalue weighted by atomic mass is 35.5. The van der Waals surface area contributed by atoms with Gasteiger partial charge in [0.2, 0.25) is 5.96 Å². The molecule has 188 valence electrons. The van der Waals surface area contributed by atoms with Crippen molar-refractivity contribution in [2.24, 2.45) is 4.99 Å². The van der Waals surface area contributed by atoms with Gasteiger partial charge in [0.15, 0.2) is 0 Å². The minimum absolute atomic E-state index is 0.00431. The van der Waals surface area contributed by atoms with Crippen molar-refractivity contribution in [3.63, 3.8) is 0 Å². The monoisotopic (exact) mass is 495 g/mol. The first-order valence-corrected chi connectivity index (χ1v) is 11.2. The fourth-order valence-corrected chi connectivity index (χ4v) is 3.20. The highest BCUT2D eigenvalue weighted by Crippen LogP contribution is 2.19. The molecule has 1 aromatic carbocycles. The third kappa shape index (κ3) is 8.09. The number of aliphatic imine (C=N–C) groups is 1. The molecule has 0 atom stereocenters. The van der Waals surface area contributed by atoms with E-state index in [9.17, 15) is 14.4 Å². The number of amides is 4. The minimum Gasteiger partial charge on any atom is -0.443 e. The first-order chi connectivity index (χ1) is 15.6. The van der Waals surface area contributed by atoms with Crippen molar-refractivity contribution in [2.45, 2.75) is 59.3 Å². The molecule has 34 heavy (non-hydrogen) atoms. The summed E-state index contributed by atoms with van der Waals surface area (Å²) in [5.74, 6) is 0.00431. The maximum Gasteiger partial charge on any atom is 0.437 e. The summed E-state index contributed by atoms with van der Waals surface area (Å²) < 4.78 is 11.0. The zero-order chi connectivity index (χ0) is 25.8. The van der Waals surface area contributed by atoms with Crippen LogP contribution in [-0.2, 0) is 16.0 Å². The Hall–Kier alpha value is -3.01. The Balaban J connectivity index is 2.55. The molecule has 1 saturated heterocycles. The molecule has 1 aromatic rings. The first kappa shape index (κ1) is 27.2. The molecule has 10 nitrogen and oxygen atoms in total. The molecule has 0 saturated carbocycles. The maximum atomic E-state index is 13.3. The highest BCUT2D eigenvalue weighted by molar-refractivity contribution is 6.30. The Bertz CT molecular complexity index is 923. The van der Waals surface area contributed by atoms with Gasteiger partial charge in [-0.3, -0.25) is 0 Å². The standard InChI is InChI=1S/C23H34ClN5O5/c1-22(2,3)33-19(30)25-18(28-14-26(7)20(31)27(8)15-28)29(21(32)34-23(4,5)6)13-16-9-11-17(24)12-10-16/h9-12H,13-15H2,1-8H3/b25-18+. The second kappa shape index (κ2) is 10.5. The van der Waals surface area contributed by atoms with Crippen LogP contribution < -0.4 is 0 Å². The number of guanidine groups is 1. The van der Waals surface area contributed by atoms with Crippen molar-refractivity contribution in [1.82, 2.24) is 19.6 Å². The van der Waals surface area contributed by atoms with E-state index in [0.717, 1.165) is 5.56 Å². The quantitative estimate of drug-likeness (QED) is 0.440. The molecule has 4 amide bonds. The number of carbonyl (C=O) groups excluding carboxylic acids is 3. The molecule has 2 rings (SSSR count). The molecule has 0 spiro atoms. The largest absolute Gasteiger partial charge is 0.443 e. The van der Waals surface area contributed by atoms with Crippen LogP contribution in [0.15, 0.2) is 29.3 Å². The number of urea groups is 1. The summed E-state index contributed by atoms with van der Waals surface area (Å²) in [5, 5.41) is 0.549. The van der Waals surface area contributed by atoms with Gasteiger partial charge in [-0.2, -0.15) is 0 Å². The van der Waals surface area contributed by atoms with E-state index in [2.05, 4.69) is 4.99 Å². The SMILES string of the molecule is CN1CN(/C(=N\C(=O)OC(C)(C)C)N(Cc2ccc(Cl)cc2)C(=O)OC(C)(C)C)CN(C)C1=O. The van der Waals surface area contributed by atoms with Crippen LogP contribution in [0.4, 0.5) is 14.4 Å². The maximum absolute atomic E-state index is 13.3. The number of hydrogen-bond donors (Lipinski definition) is 0. The lowest BCUT2D eigenvalue weighted by molar-refractivity contribution is 0.0300. The molecular formula is C23H34ClN5O5. The van der Waals surface area contributed by atoms with E-state index >= 15 is 0 Å². The number of benzene rings is 1. The van der Waals surface area contributed by atoms with Gasteiger partial charge in [-0.15, -0.1) is 4.99 Å². The Morgan fingerprint density at radius 2 is 1.47 bits per heavy atom. The lowest BCUT2D eigenvalue weighted by atomic mass is 10.2. The molecule has 1 heterocycles. The van der Waals surface area contributed by atoms with E-state index in [0.29, 0.717) is 5.02 Å². The fourth-order valence-electron chi connectivity index (χ4n) is 3.07. The van der Waals surface area contributed by atoms with E-state index in [-0.39, 0.29) is 31.9 Å². The molecule has 0 radical (unpaired) electrons.